The summed E-state index contributed by atoms with van der Waals surface area (Å²) in [6.45, 7) is 8.08. The van der Waals surface area contributed by atoms with Crippen molar-refractivity contribution in [1.29, 1.82) is 0 Å². The highest BCUT2D eigenvalue weighted by molar-refractivity contribution is 7.89. The number of hydrogen-bond donors (Lipinski definition) is 0. The number of ether oxygens (including phenoxy) is 1. The highest BCUT2D eigenvalue weighted by Gasteiger charge is 2.48. The molecule has 172 valence electrons. The molecule has 2 bridgehead atoms. The third-order valence-corrected chi connectivity index (χ3v) is 10.3. The van der Waals surface area contributed by atoms with Crippen molar-refractivity contribution in [2.45, 2.75) is 68.7 Å². The van der Waals surface area contributed by atoms with E-state index in [2.05, 4.69) is 30.7 Å². The van der Waals surface area contributed by atoms with Gasteiger partial charge in [0.1, 0.15) is 6.73 Å². The largest absolute Gasteiger partial charge is 0.360 e. The van der Waals surface area contributed by atoms with Gasteiger partial charge in [0.15, 0.2) is 0 Å². The second kappa shape index (κ2) is 8.96. The Labute approximate surface area is 197 Å². The Hall–Kier alpha value is -1.63. The van der Waals surface area contributed by atoms with Crippen molar-refractivity contribution in [1.82, 2.24) is 14.1 Å². The van der Waals surface area contributed by atoms with E-state index in [0.717, 1.165) is 17.3 Å². The van der Waals surface area contributed by atoms with Gasteiger partial charge in [-0.15, -0.1) is 12.3 Å². The first-order valence-corrected chi connectivity index (χ1v) is 16.5. The Balaban J connectivity index is 1.62. The molecule has 2 aromatic rings. The van der Waals surface area contributed by atoms with Crippen LogP contribution in [-0.4, -0.2) is 43.2 Å². The van der Waals surface area contributed by atoms with Crippen molar-refractivity contribution >= 4 is 29.7 Å². The molecule has 3 unspecified atom stereocenters. The lowest BCUT2D eigenvalue weighted by Crippen LogP contribution is -2.51. The zero-order valence-corrected chi connectivity index (χ0v) is 21.4. The summed E-state index contributed by atoms with van der Waals surface area (Å²) in [7, 11) is -4.86. The van der Waals surface area contributed by atoms with Crippen LogP contribution < -0.4 is 0 Å². The van der Waals surface area contributed by atoms with Crippen molar-refractivity contribution in [3.05, 3.63) is 46.7 Å². The molecule has 4 rings (SSSR count). The van der Waals surface area contributed by atoms with Crippen LogP contribution in [0.3, 0.4) is 0 Å². The minimum Gasteiger partial charge on any atom is -0.360 e. The van der Waals surface area contributed by atoms with Crippen molar-refractivity contribution in [3.8, 4) is 12.3 Å². The van der Waals surface area contributed by atoms with Gasteiger partial charge in [0.25, 0.3) is 0 Å². The molecule has 0 aliphatic carbocycles. The Bertz CT molecular complexity index is 1120. The number of hydrogen-bond acceptors (Lipinski definition) is 4. The van der Waals surface area contributed by atoms with Crippen LogP contribution in [-0.2, 0) is 27.9 Å². The molecule has 2 aliphatic rings. The second-order valence-electron chi connectivity index (χ2n) is 9.89. The first-order chi connectivity index (χ1) is 15.1. The molecule has 0 amide bonds. The van der Waals surface area contributed by atoms with Crippen LogP contribution in [0.2, 0.25) is 30.7 Å². The number of rotatable bonds is 7. The predicted octanol–water partition coefficient (Wildman–Crippen LogP) is 4.55. The third-order valence-electron chi connectivity index (χ3n) is 6.34. The molecule has 2 aliphatic heterocycles. The molecular weight excluding hydrogens is 462 g/mol. The molecule has 9 heteroatoms. The minimum absolute atomic E-state index is 0.0474. The van der Waals surface area contributed by atoms with Crippen molar-refractivity contribution in [3.63, 3.8) is 0 Å². The molecule has 1 saturated heterocycles. The molecule has 0 saturated carbocycles. The van der Waals surface area contributed by atoms with Gasteiger partial charge in [0.05, 0.1) is 17.1 Å². The fourth-order valence-corrected chi connectivity index (χ4v) is 7.31. The molecular formula is C23H30ClN3O3SSi. The van der Waals surface area contributed by atoms with E-state index in [1.807, 2.05) is 4.68 Å². The van der Waals surface area contributed by atoms with E-state index in [4.69, 9.17) is 22.8 Å². The standard InChI is InChI=1S/C23H30ClN3O3SSi/c1-5-17-12-19-14-22-21(15-25-26(22)16-30-10-11-32(2,3)4)23(13-17)27(19)31(28,29)20-8-6-18(24)7-9-20/h1,6-9,15,17,19,23H,10-14,16H2,2-4H3. The molecule has 1 aromatic heterocycles. The van der Waals surface area contributed by atoms with E-state index < -0.39 is 18.1 Å². The summed E-state index contributed by atoms with van der Waals surface area (Å²) in [6.07, 6.45) is 9.36. The minimum atomic E-state index is -3.70. The van der Waals surface area contributed by atoms with Crippen LogP contribution in [0.25, 0.3) is 0 Å². The normalized spacial score (nSPS) is 23.5. The summed E-state index contributed by atoms with van der Waals surface area (Å²) in [6, 6.07) is 6.92. The lowest BCUT2D eigenvalue weighted by molar-refractivity contribution is 0.0720. The summed E-state index contributed by atoms with van der Waals surface area (Å²) in [4.78, 5) is 0.251. The number of fused-ring (bicyclic) bond motifs is 4. The van der Waals surface area contributed by atoms with E-state index in [9.17, 15) is 8.42 Å². The van der Waals surface area contributed by atoms with Gasteiger partial charge in [-0.3, -0.25) is 0 Å². The number of halogens is 1. The SMILES string of the molecule is C#CC1CC2Cc3c(cnn3COCC[Si](C)(C)C)C(C1)N2S(=O)(=O)c1ccc(Cl)cc1. The van der Waals surface area contributed by atoms with Gasteiger partial charge in [-0.25, -0.2) is 13.1 Å². The Morgan fingerprint density at radius 1 is 1.25 bits per heavy atom. The van der Waals surface area contributed by atoms with Crippen molar-refractivity contribution < 1.29 is 13.2 Å². The average molecular weight is 492 g/mol. The van der Waals surface area contributed by atoms with E-state index in [1.165, 1.54) is 0 Å². The van der Waals surface area contributed by atoms with Crippen molar-refractivity contribution in [2.24, 2.45) is 5.92 Å². The molecule has 0 radical (unpaired) electrons. The number of benzene rings is 1. The van der Waals surface area contributed by atoms with E-state index in [0.29, 0.717) is 37.6 Å². The Morgan fingerprint density at radius 3 is 2.62 bits per heavy atom. The highest BCUT2D eigenvalue weighted by Crippen LogP contribution is 2.46. The summed E-state index contributed by atoms with van der Waals surface area (Å²) in [5.74, 6) is 2.91. The second-order valence-corrected chi connectivity index (χ2v) is 17.8. The van der Waals surface area contributed by atoms with Crippen LogP contribution in [0.5, 0.6) is 0 Å². The topological polar surface area (TPSA) is 64.4 Å². The van der Waals surface area contributed by atoms with Gasteiger partial charge in [0.2, 0.25) is 10.0 Å². The zero-order valence-electron chi connectivity index (χ0n) is 18.8. The van der Waals surface area contributed by atoms with Gasteiger partial charge in [-0.2, -0.15) is 9.40 Å². The molecule has 32 heavy (non-hydrogen) atoms. The van der Waals surface area contributed by atoms with Crippen molar-refractivity contribution in [2.75, 3.05) is 6.61 Å². The molecule has 0 N–H and O–H groups in total. The maximum Gasteiger partial charge on any atom is 0.243 e. The smallest absolute Gasteiger partial charge is 0.243 e. The maximum atomic E-state index is 13.6. The fraction of sp³-hybridized carbons (Fsp3) is 0.522. The van der Waals surface area contributed by atoms with Crippen LogP contribution in [0.4, 0.5) is 0 Å². The number of terminal acetylenes is 1. The average Bonchev–Trinajstić information content (AvgIpc) is 3.12. The molecule has 1 aromatic carbocycles. The monoisotopic (exact) mass is 491 g/mol. The third kappa shape index (κ3) is 4.68. The number of sulfonamides is 1. The van der Waals surface area contributed by atoms with Gasteiger partial charge < -0.3 is 4.74 Å². The van der Waals surface area contributed by atoms with Crippen LogP contribution in [0.15, 0.2) is 35.4 Å². The van der Waals surface area contributed by atoms with Crippen LogP contribution in [0.1, 0.15) is 30.1 Å². The lowest BCUT2D eigenvalue weighted by atomic mass is 9.79. The summed E-state index contributed by atoms with van der Waals surface area (Å²) < 4.78 is 36.7. The van der Waals surface area contributed by atoms with Gasteiger partial charge in [-0.05, 0) is 43.2 Å². The van der Waals surface area contributed by atoms with Crippen LogP contribution in [0, 0.1) is 18.3 Å². The van der Waals surface area contributed by atoms with E-state index in [-0.39, 0.29) is 22.9 Å². The van der Waals surface area contributed by atoms with Gasteiger partial charge in [0, 0.05) is 49.3 Å². The number of aromatic nitrogens is 2. The molecule has 6 nitrogen and oxygen atoms in total. The molecule has 3 heterocycles. The van der Waals surface area contributed by atoms with Gasteiger partial charge in [-0.1, -0.05) is 31.2 Å². The Morgan fingerprint density at radius 2 is 1.97 bits per heavy atom. The molecule has 1 fully saturated rings. The lowest BCUT2D eigenvalue weighted by Gasteiger charge is -2.46. The fourth-order valence-electron chi connectivity index (χ4n) is 4.61. The van der Waals surface area contributed by atoms with Crippen LogP contribution >= 0.6 is 11.6 Å². The predicted molar refractivity (Wildman–Crippen MR) is 129 cm³/mol. The maximum absolute atomic E-state index is 13.6. The zero-order chi connectivity index (χ0) is 23.1. The first-order valence-electron chi connectivity index (χ1n) is 11.0. The van der Waals surface area contributed by atoms with Gasteiger partial charge >= 0.3 is 0 Å². The Kier molecular flexibility index (Phi) is 6.58. The summed E-state index contributed by atoms with van der Waals surface area (Å²) in [5.41, 5.74) is 2.00. The van der Waals surface area contributed by atoms with E-state index in [1.54, 1.807) is 34.8 Å². The molecule has 0 spiro atoms. The number of nitrogens with zero attached hydrogens (tertiary/aromatic N) is 3. The number of piperidine rings is 1. The first kappa shape index (κ1) is 23.5. The quantitative estimate of drug-likeness (QED) is 0.324. The molecule has 3 atom stereocenters. The summed E-state index contributed by atoms with van der Waals surface area (Å²) in [5, 5.41) is 5.06. The highest BCUT2D eigenvalue weighted by atomic mass is 35.5. The van der Waals surface area contributed by atoms with E-state index >= 15 is 0 Å². The summed E-state index contributed by atoms with van der Waals surface area (Å²) >= 11 is 5.98.